The van der Waals surface area contributed by atoms with Gasteiger partial charge >= 0.3 is 5.97 Å². The Kier molecular flexibility index (Phi) is 5.74. The molecule has 1 rings (SSSR count). The van der Waals surface area contributed by atoms with Crippen molar-refractivity contribution in [1.82, 2.24) is 0 Å². The van der Waals surface area contributed by atoms with Gasteiger partial charge in [0.25, 0.3) is 0 Å². The summed E-state index contributed by atoms with van der Waals surface area (Å²) in [5, 5.41) is 18.6. The lowest BCUT2D eigenvalue weighted by Crippen LogP contribution is -2.23. The number of hydrogen-bond acceptors (Lipinski definition) is 4. The second-order valence-electron chi connectivity index (χ2n) is 3.00. The molecule has 90 valence electrons. The number of phenolic OH excluding ortho intramolecular Hbond substituents is 1. The highest BCUT2D eigenvalue weighted by Gasteiger charge is 2.20. The molecule has 0 aliphatic heterocycles. The van der Waals surface area contributed by atoms with Crippen LogP contribution in [0.5, 0.6) is 5.75 Å². The zero-order valence-electron chi connectivity index (χ0n) is 8.18. The molecule has 0 unspecified atom stereocenters. The highest BCUT2D eigenvalue weighted by Crippen LogP contribution is 2.33. The van der Waals surface area contributed by atoms with Crippen LogP contribution in [0, 0.1) is 0 Å². The molecule has 1 aromatic rings. The first-order valence-electron chi connectivity index (χ1n) is 4.19. The minimum Gasteiger partial charge on any atom is -0.506 e. The molecule has 0 heterocycles. The zero-order valence-corrected chi connectivity index (χ0v) is 10.6. The third-order valence-electron chi connectivity index (χ3n) is 2.02. The Labute approximate surface area is 107 Å². The number of aromatic hydroxyl groups is 1. The van der Waals surface area contributed by atoms with Gasteiger partial charge < -0.3 is 21.7 Å². The standard InChI is InChI=1S/C9H11BrN2O3.ClH/c10-5-2-1-4(9(14)15)7(8(5)13)6(12)3-11;/h1-2,6,13H,3,11-12H2,(H,14,15);1H/t6-;/m0./s1. The molecule has 5 nitrogen and oxygen atoms in total. The molecule has 0 aromatic heterocycles. The summed E-state index contributed by atoms with van der Waals surface area (Å²) in [6, 6.07) is 2.12. The molecule has 0 aliphatic carbocycles. The van der Waals surface area contributed by atoms with E-state index in [1.807, 2.05) is 0 Å². The summed E-state index contributed by atoms with van der Waals surface area (Å²) in [6.07, 6.45) is 0. The molecular weight excluding hydrogens is 299 g/mol. The number of halogens is 2. The number of hydrogen-bond donors (Lipinski definition) is 4. The lowest BCUT2D eigenvalue weighted by molar-refractivity contribution is 0.0694. The summed E-state index contributed by atoms with van der Waals surface area (Å²) >= 11 is 3.09. The van der Waals surface area contributed by atoms with Crippen LogP contribution in [0.1, 0.15) is 22.0 Å². The van der Waals surface area contributed by atoms with Gasteiger partial charge in [-0.2, -0.15) is 0 Å². The van der Waals surface area contributed by atoms with E-state index >= 15 is 0 Å². The van der Waals surface area contributed by atoms with Crippen LogP contribution in [-0.4, -0.2) is 22.7 Å². The molecule has 1 atom stereocenters. The van der Waals surface area contributed by atoms with E-state index in [1.54, 1.807) is 0 Å². The molecule has 0 fully saturated rings. The molecule has 0 spiro atoms. The predicted molar refractivity (Wildman–Crippen MR) is 66.0 cm³/mol. The Morgan fingerprint density at radius 2 is 2.06 bits per heavy atom. The van der Waals surface area contributed by atoms with Crippen molar-refractivity contribution in [2.75, 3.05) is 6.54 Å². The number of benzene rings is 1. The molecule has 0 bridgehead atoms. The first-order valence-corrected chi connectivity index (χ1v) is 4.98. The maximum absolute atomic E-state index is 10.9. The highest BCUT2D eigenvalue weighted by atomic mass is 79.9. The molecular formula is C9H12BrClN2O3. The smallest absolute Gasteiger partial charge is 0.336 e. The third kappa shape index (κ3) is 2.85. The van der Waals surface area contributed by atoms with Crippen LogP contribution >= 0.6 is 28.3 Å². The van der Waals surface area contributed by atoms with E-state index in [-0.39, 0.29) is 35.8 Å². The number of carboxylic acids is 1. The first-order chi connectivity index (χ1) is 6.99. The molecule has 0 radical (unpaired) electrons. The van der Waals surface area contributed by atoms with Crippen molar-refractivity contribution >= 4 is 34.3 Å². The molecule has 6 N–H and O–H groups in total. The normalized spacial score (nSPS) is 11.7. The maximum atomic E-state index is 10.9. The average Bonchev–Trinajstić information content (AvgIpc) is 2.20. The topological polar surface area (TPSA) is 110 Å². The van der Waals surface area contributed by atoms with Gasteiger partial charge in [-0.15, -0.1) is 12.4 Å². The summed E-state index contributed by atoms with van der Waals surface area (Å²) in [5.41, 5.74) is 11.1. The van der Waals surface area contributed by atoms with Crippen molar-refractivity contribution in [2.24, 2.45) is 11.5 Å². The van der Waals surface area contributed by atoms with Crippen LogP contribution < -0.4 is 11.5 Å². The van der Waals surface area contributed by atoms with Gasteiger partial charge in [0.1, 0.15) is 5.75 Å². The van der Waals surface area contributed by atoms with Gasteiger partial charge in [0, 0.05) is 18.2 Å². The number of nitrogens with two attached hydrogens (primary N) is 2. The van der Waals surface area contributed by atoms with Crippen molar-refractivity contribution in [3.05, 3.63) is 27.7 Å². The fourth-order valence-electron chi connectivity index (χ4n) is 1.26. The van der Waals surface area contributed by atoms with Crippen molar-refractivity contribution in [2.45, 2.75) is 6.04 Å². The van der Waals surface area contributed by atoms with E-state index in [1.165, 1.54) is 12.1 Å². The van der Waals surface area contributed by atoms with Gasteiger partial charge in [0.2, 0.25) is 0 Å². The number of aromatic carboxylic acids is 1. The van der Waals surface area contributed by atoms with E-state index < -0.39 is 12.0 Å². The van der Waals surface area contributed by atoms with E-state index in [0.717, 1.165) is 0 Å². The molecule has 16 heavy (non-hydrogen) atoms. The summed E-state index contributed by atoms with van der Waals surface area (Å²) in [5.74, 6) is -1.32. The molecule has 0 saturated heterocycles. The zero-order chi connectivity index (χ0) is 11.6. The van der Waals surface area contributed by atoms with Gasteiger partial charge in [-0.1, -0.05) is 0 Å². The number of phenols is 1. The first kappa shape index (κ1) is 15.2. The predicted octanol–water partition coefficient (Wildman–Crippen LogP) is 1.23. The van der Waals surface area contributed by atoms with Crippen molar-refractivity contribution in [1.29, 1.82) is 0 Å². The van der Waals surface area contributed by atoms with E-state index in [0.29, 0.717) is 4.47 Å². The second kappa shape index (κ2) is 6.05. The Balaban J connectivity index is 0.00000225. The summed E-state index contributed by atoms with van der Waals surface area (Å²) in [4.78, 5) is 10.9. The fraction of sp³-hybridized carbons (Fsp3) is 0.222. The molecule has 1 aromatic carbocycles. The van der Waals surface area contributed by atoms with Crippen molar-refractivity contribution in [3.63, 3.8) is 0 Å². The van der Waals surface area contributed by atoms with Gasteiger partial charge in [-0.25, -0.2) is 4.79 Å². The van der Waals surface area contributed by atoms with Crippen LogP contribution in [-0.2, 0) is 0 Å². The molecule has 7 heteroatoms. The lowest BCUT2D eigenvalue weighted by atomic mass is 10.00. The molecule has 0 aliphatic rings. The van der Waals surface area contributed by atoms with E-state index in [9.17, 15) is 9.90 Å². The largest absolute Gasteiger partial charge is 0.506 e. The number of carbonyl (C=O) groups is 1. The van der Waals surface area contributed by atoms with E-state index in [2.05, 4.69) is 15.9 Å². The Morgan fingerprint density at radius 1 is 1.50 bits per heavy atom. The lowest BCUT2D eigenvalue weighted by Gasteiger charge is -2.15. The van der Waals surface area contributed by atoms with E-state index in [4.69, 9.17) is 16.6 Å². The van der Waals surface area contributed by atoms with Crippen molar-refractivity contribution in [3.8, 4) is 5.75 Å². The second-order valence-corrected chi connectivity index (χ2v) is 3.86. The number of carboxylic acid groups (broad SMARTS) is 1. The minimum atomic E-state index is -1.14. The van der Waals surface area contributed by atoms with Gasteiger partial charge in [-0.05, 0) is 28.1 Å². The Morgan fingerprint density at radius 3 is 2.50 bits per heavy atom. The monoisotopic (exact) mass is 310 g/mol. The summed E-state index contributed by atoms with van der Waals surface area (Å²) in [7, 11) is 0. The fourth-order valence-corrected chi connectivity index (χ4v) is 1.61. The SMILES string of the molecule is Cl.NC[C@H](N)c1c(C(=O)O)ccc(Br)c1O. The van der Waals surface area contributed by atoms with Crippen LogP contribution in [0.4, 0.5) is 0 Å². The Hall–Kier alpha value is -0.820. The number of rotatable bonds is 3. The van der Waals surface area contributed by atoms with Crippen LogP contribution in [0.3, 0.4) is 0 Å². The van der Waals surface area contributed by atoms with Crippen LogP contribution in [0.2, 0.25) is 0 Å². The van der Waals surface area contributed by atoms with Crippen LogP contribution in [0.25, 0.3) is 0 Å². The highest BCUT2D eigenvalue weighted by molar-refractivity contribution is 9.10. The van der Waals surface area contributed by atoms with Gasteiger partial charge in [-0.3, -0.25) is 0 Å². The molecule has 0 amide bonds. The van der Waals surface area contributed by atoms with Gasteiger partial charge in [0.05, 0.1) is 10.0 Å². The van der Waals surface area contributed by atoms with Crippen LogP contribution in [0.15, 0.2) is 16.6 Å². The average molecular weight is 312 g/mol. The summed E-state index contributed by atoms with van der Waals surface area (Å²) < 4.78 is 0.395. The third-order valence-corrected chi connectivity index (χ3v) is 2.66. The maximum Gasteiger partial charge on any atom is 0.336 e. The summed E-state index contributed by atoms with van der Waals surface area (Å²) in [6.45, 7) is 0.0598. The Bertz CT molecular complexity index is 401. The van der Waals surface area contributed by atoms with Gasteiger partial charge in [0.15, 0.2) is 0 Å². The molecule has 0 saturated carbocycles. The van der Waals surface area contributed by atoms with Crippen molar-refractivity contribution < 1.29 is 15.0 Å². The quantitative estimate of drug-likeness (QED) is 0.671. The minimum absolute atomic E-state index is 0.